The predicted octanol–water partition coefficient (Wildman–Crippen LogP) is 3.08. The maximum atomic E-state index is 12.8. The summed E-state index contributed by atoms with van der Waals surface area (Å²) >= 11 is 1.61. The van der Waals surface area contributed by atoms with Crippen LogP contribution in [0.5, 0.6) is 11.5 Å². The molecule has 1 N–H and O–H groups in total. The van der Waals surface area contributed by atoms with Crippen LogP contribution in [0, 0.1) is 0 Å². The number of piperazine rings is 1. The molecule has 3 heterocycles. The number of hydrogen-bond donors (Lipinski definition) is 1. The molecule has 0 aliphatic carbocycles. The van der Waals surface area contributed by atoms with Gasteiger partial charge in [0.05, 0.1) is 19.6 Å². The molecule has 9 heteroatoms. The summed E-state index contributed by atoms with van der Waals surface area (Å²) in [5.74, 6) is 1.29. The van der Waals surface area contributed by atoms with Crippen molar-refractivity contribution in [2.24, 2.45) is 7.05 Å². The number of aryl methyl sites for hydroxylation is 1. The average Bonchev–Trinajstić information content (AvgIpc) is 3.20. The summed E-state index contributed by atoms with van der Waals surface area (Å²) in [6, 6.07) is 7.71. The fourth-order valence-corrected chi connectivity index (χ4v) is 5.13. The first-order valence-corrected chi connectivity index (χ1v) is 10.8. The lowest BCUT2D eigenvalue weighted by Crippen LogP contribution is -2.47. The largest absolute Gasteiger partial charge is 0.493 e. The molecule has 0 atom stereocenters. The second kappa shape index (κ2) is 8.60. The second-order valence-electron chi connectivity index (χ2n) is 7.53. The van der Waals surface area contributed by atoms with Crippen LogP contribution in [0.2, 0.25) is 0 Å². The van der Waals surface area contributed by atoms with Gasteiger partial charge in [-0.3, -0.25) is 9.69 Å². The van der Waals surface area contributed by atoms with E-state index in [0.29, 0.717) is 49.6 Å². The summed E-state index contributed by atoms with van der Waals surface area (Å²) in [5, 5.41) is 9.82. The molecule has 31 heavy (non-hydrogen) atoms. The van der Waals surface area contributed by atoms with E-state index in [1.165, 1.54) is 4.90 Å². The van der Waals surface area contributed by atoms with E-state index in [-0.39, 0.29) is 5.56 Å². The molecular weight excluding hydrogens is 418 g/mol. The molecule has 2 aromatic heterocycles. The van der Waals surface area contributed by atoms with Gasteiger partial charge in [0.25, 0.3) is 5.56 Å². The number of hydrogen-bond acceptors (Lipinski definition) is 6. The fraction of sp³-hybridized carbons (Fsp3) is 0.364. The van der Waals surface area contributed by atoms with Crippen molar-refractivity contribution in [1.29, 1.82) is 0 Å². The van der Waals surface area contributed by atoms with Crippen LogP contribution in [0.4, 0.5) is 4.79 Å². The minimum atomic E-state index is -0.871. The van der Waals surface area contributed by atoms with E-state index in [1.807, 2.05) is 30.5 Å². The van der Waals surface area contributed by atoms with Gasteiger partial charge in [0, 0.05) is 61.1 Å². The van der Waals surface area contributed by atoms with Gasteiger partial charge < -0.3 is 24.0 Å². The van der Waals surface area contributed by atoms with Gasteiger partial charge in [0.1, 0.15) is 0 Å². The molecule has 0 unspecified atom stereocenters. The van der Waals surface area contributed by atoms with Crippen LogP contribution in [0.3, 0.4) is 0 Å². The van der Waals surface area contributed by atoms with Crippen molar-refractivity contribution in [1.82, 2.24) is 14.4 Å². The number of pyridine rings is 1. The third kappa shape index (κ3) is 4.11. The zero-order valence-electron chi connectivity index (χ0n) is 17.8. The van der Waals surface area contributed by atoms with Crippen molar-refractivity contribution in [2.45, 2.75) is 6.54 Å². The SMILES string of the molecule is COc1ccc(-c2cn(C)c(=O)c3cc(CN4CCN(C(=O)O)CC4)sc23)cc1OC. The zero-order valence-corrected chi connectivity index (χ0v) is 18.6. The highest BCUT2D eigenvalue weighted by Gasteiger charge is 2.22. The number of benzene rings is 1. The van der Waals surface area contributed by atoms with Crippen molar-refractivity contribution in [3.05, 3.63) is 45.7 Å². The molecule has 0 saturated carbocycles. The highest BCUT2D eigenvalue weighted by Crippen LogP contribution is 2.37. The Hall–Kier alpha value is -3.04. The number of amides is 1. The van der Waals surface area contributed by atoms with Crippen LogP contribution in [-0.4, -0.2) is 66.0 Å². The highest BCUT2D eigenvalue weighted by atomic mass is 32.1. The maximum Gasteiger partial charge on any atom is 0.407 e. The molecule has 0 bridgehead atoms. The van der Waals surface area contributed by atoms with Gasteiger partial charge in [0.15, 0.2) is 11.5 Å². The summed E-state index contributed by atoms with van der Waals surface area (Å²) < 4.78 is 13.3. The topological polar surface area (TPSA) is 84.2 Å². The molecule has 164 valence electrons. The lowest BCUT2D eigenvalue weighted by Gasteiger charge is -2.32. The van der Waals surface area contributed by atoms with Crippen LogP contribution in [0.25, 0.3) is 21.2 Å². The van der Waals surface area contributed by atoms with Gasteiger partial charge in [-0.05, 0) is 23.8 Å². The van der Waals surface area contributed by atoms with Crippen molar-refractivity contribution in [3.8, 4) is 22.6 Å². The van der Waals surface area contributed by atoms with E-state index in [4.69, 9.17) is 14.6 Å². The number of fused-ring (bicyclic) bond motifs is 1. The number of methoxy groups -OCH3 is 2. The number of ether oxygens (including phenoxy) is 2. The van der Waals surface area contributed by atoms with Gasteiger partial charge in [-0.15, -0.1) is 11.3 Å². The summed E-state index contributed by atoms with van der Waals surface area (Å²) in [4.78, 5) is 28.7. The molecule has 1 amide bonds. The van der Waals surface area contributed by atoms with Crippen molar-refractivity contribution < 1.29 is 19.4 Å². The number of carboxylic acid groups (broad SMARTS) is 1. The summed E-state index contributed by atoms with van der Waals surface area (Å²) in [7, 11) is 4.96. The monoisotopic (exact) mass is 443 g/mol. The van der Waals surface area contributed by atoms with Crippen LogP contribution in [0.1, 0.15) is 4.88 Å². The van der Waals surface area contributed by atoms with E-state index in [0.717, 1.165) is 20.7 Å². The molecule has 4 rings (SSSR count). The van der Waals surface area contributed by atoms with Crippen LogP contribution >= 0.6 is 11.3 Å². The molecule has 1 aliphatic heterocycles. The summed E-state index contributed by atoms with van der Waals surface area (Å²) in [6.07, 6.45) is 0.988. The lowest BCUT2D eigenvalue weighted by atomic mass is 10.1. The molecule has 1 saturated heterocycles. The van der Waals surface area contributed by atoms with Crippen molar-refractivity contribution in [2.75, 3.05) is 40.4 Å². The standard InChI is InChI=1S/C22H25N3O5S/c1-23-13-17(14-4-5-18(29-2)19(10-14)30-3)20-16(21(23)26)11-15(31-20)12-24-6-8-25(9-7-24)22(27)28/h4-5,10-11,13H,6-9,12H2,1-3H3,(H,27,28). The van der Waals surface area contributed by atoms with Crippen LogP contribution in [-0.2, 0) is 13.6 Å². The normalized spacial score (nSPS) is 14.7. The van der Waals surface area contributed by atoms with Crippen LogP contribution in [0.15, 0.2) is 35.3 Å². The predicted molar refractivity (Wildman–Crippen MR) is 120 cm³/mol. The van der Waals surface area contributed by atoms with Gasteiger partial charge in [-0.1, -0.05) is 6.07 Å². The fourth-order valence-electron chi connectivity index (χ4n) is 3.91. The van der Waals surface area contributed by atoms with Gasteiger partial charge >= 0.3 is 6.09 Å². The molecule has 0 spiro atoms. The van der Waals surface area contributed by atoms with E-state index in [1.54, 1.807) is 37.2 Å². The summed E-state index contributed by atoms with van der Waals surface area (Å²) in [6.45, 7) is 3.06. The molecule has 8 nitrogen and oxygen atoms in total. The highest BCUT2D eigenvalue weighted by molar-refractivity contribution is 7.19. The molecule has 0 radical (unpaired) electrons. The first-order valence-electron chi connectivity index (χ1n) is 9.96. The Morgan fingerprint density at radius 1 is 1.10 bits per heavy atom. The molecular formula is C22H25N3O5S. The van der Waals surface area contributed by atoms with E-state index >= 15 is 0 Å². The Kier molecular flexibility index (Phi) is 5.88. The number of aromatic nitrogens is 1. The first kappa shape index (κ1) is 21.2. The quantitative estimate of drug-likeness (QED) is 0.653. The molecule has 1 aliphatic rings. The number of nitrogens with zero attached hydrogens (tertiary/aromatic N) is 3. The molecule has 1 aromatic carbocycles. The number of rotatable bonds is 5. The van der Waals surface area contributed by atoms with Crippen molar-refractivity contribution >= 4 is 27.5 Å². The summed E-state index contributed by atoms with van der Waals surface area (Å²) in [5.41, 5.74) is 1.88. The Balaban J connectivity index is 1.69. The second-order valence-corrected chi connectivity index (χ2v) is 8.67. The first-order chi connectivity index (χ1) is 14.9. The zero-order chi connectivity index (χ0) is 22.1. The van der Waals surface area contributed by atoms with Gasteiger partial charge in [-0.25, -0.2) is 4.79 Å². The molecule has 1 fully saturated rings. The Morgan fingerprint density at radius 2 is 1.81 bits per heavy atom. The Labute approximate surface area is 183 Å². The smallest absolute Gasteiger partial charge is 0.407 e. The Morgan fingerprint density at radius 3 is 2.45 bits per heavy atom. The third-order valence-electron chi connectivity index (χ3n) is 5.62. The maximum absolute atomic E-state index is 12.8. The third-order valence-corrected chi connectivity index (χ3v) is 6.77. The lowest BCUT2D eigenvalue weighted by molar-refractivity contribution is 0.103. The number of carbonyl (C=O) groups is 1. The minimum absolute atomic E-state index is 0.0302. The van der Waals surface area contributed by atoms with Gasteiger partial charge in [-0.2, -0.15) is 0 Å². The van der Waals surface area contributed by atoms with E-state index < -0.39 is 6.09 Å². The Bertz CT molecular complexity index is 1180. The number of thiophene rings is 1. The molecule has 3 aromatic rings. The van der Waals surface area contributed by atoms with Crippen LogP contribution < -0.4 is 15.0 Å². The average molecular weight is 444 g/mol. The van der Waals surface area contributed by atoms with Gasteiger partial charge in [0.2, 0.25) is 0 Å². The minimum Gasteiger partial charge on any atom is -0.493 e. The van der Waals surface area contributed by atoms with E-state index in [2.05, 4.69) is 4.90 Å². The van der Waals surface area contributed by atoms with Crippen molar-refractivity contribution in [3.63, 3.8) is 0 Å². The van der Waals surface area contributed by atoms with E-state index in [9.17, 15) is 9.59 Å².